The van der Waals surface area contributed by atoms with E-state index in [0.717, 1.165) is 0 Å². The maximum atomic E-state index is 5.99. The minimum Gasteiger partial charge on any atom is -0.345 e. The van der Waals surface area contributed by atoms with Crippen molar-refractivity contribution in [3.8, 4) is 0 Å². The maximum absolute atomic E-state index is 5.99. The number of anilines is 1. The lowest BCUT2D eigenvalue weighted by Crippen LogP contribution is -2.38. The van der Waals surface area contributed by atoms with Crippen molar-refractivity contribution >= 4 is 29.2 Å². The molecule has 0 fully saturated rings. The Morgan fingerprint density at radius 1 is 1.50 bits per heavy atom. The third kappa shape index (κ3) is 1.28. The summed E-state index contributed by atoms with van der Waals surface area (Å²) < 4.78 is 3.10. The summed E-state index contributed by atoms with van der Waals surface area (Å²) in [7, 11) is 1.98. The van der Waals surface area contributed by atoms with Gasteiger partial charge in [0.15, 0.2) is 5.62 Å². The van der Waals surface area contributed by atoms with Crippen LogP contribution in [-0.2, 0) is 0 Å². The van der Waals surface area contributed by atoms with Crippen LogP contribution in [0.4, 0.5) is 5.69 Å². The Morgan fingerprint density at radius 3 is 3.08 bits per heavy atom. The lowest BCUT2D eigenvalue weighted by molar-refractivity contribution is 0.784. The first-order valence-electron chi connectivity index (χ1n) is 3.67. The predicted octanol–water partition coefficient (Wildman–Crippen LogP) is 2.26. The smallest absolute Gasteiger partial charge is 0.166 e. The number of nitrogens with zero attached hydrogens (tertiary/aromatic N) is 1. The Bertz CT molecular complexity index is 292. The van der Waals surface area contributed by atoms with Crippen molar-refractivity contribution in [2.24, 2.45) is 0 Å². The third-order valence-corrected chi connectivity index (χ3v) is 3.29. The Morgan fingerprint density at radius 2 is 2.25 bits per heavy atom. The summed E-state index contributed by atoms with van der Waals surface area (Å²) in [5.41, 5.74) is 1.06. The number of para-hydroxylation sites is 1. The van der Waals surface area contributed by atoms with Gasteiger partial charge in [-0.2, -0.15) is 0 Å². The highest BCUT2D eigenvalue weighted by Gasteiger charge is 2.20. The van der Waals surface area contributed by atoms with Crippen molar-refractivity contribution in [2.75, 3.05) is 11.9 Å². The van der Waals surface area contributed by atoms with Gasteiger partial charge in [0, 0.05) is 11.9 Å². The number of alkyl halides is 1. The van der Waals surface area contributed by atoms with Crippen molar-refractivity contribution in [1.29, 1.82) is 0 Å². The largest absolute Gasteiger partial charge is 0.345 e. The number of halogens is 1. The summed E-state index contributed by atoms with van der Waals surface area (Å²) in [6, 6.07) is 8.19. The zero-order chi connectivity index (χ0) is 8.55. The van der Waals surface area contributed by atoms with Crippen molar-refractivity contribution in [2.45, 2.75) is 10.5 Å². The van der Waals surface area contributed by atoms with Crippen molar-refractivity contribution < 1.29 is 0 Å². The number of hydrogen-bond acceptors (Lipinski definition) is 3. The molecule has 1 atom stereocenters. The molecule has 1 aromatic rings. The molecule has 1 aliphatic rings. The van der Waals surface area contributed by atoms with E-state index in [1.54, 1.807) is 11.9 Å². The molecule has 0 aromatic heterocycles. The molecule has 0 aliphatic carbocycles. The Labute approximate surface area is 81.0 Å². The lowest BCUT2D eigenvalue weighted by Gasteiger charge is -2.31. The SMILES string of the molecule is CN1c2ccccc2SNC1Cl. The molecule has 2 nitrogen and oxygen atoms in total. The first kappa shape index (κ1) is 8.23. The first-order valence-corrected chi connectivity index (χ1v) is 4.92. The fourth-order valence-corrected chi connectivity index (χ4v) is 2.23. The van der Waals surface area contributed by atoms with Crippen LogP contribution < -0.4 is 9.62 Å². The monoisotopic (exact) mass is 200 g/mol. The molecule has 0 bridgehead atoms. The molecule has 2 rings (SSSR count). The van der Waals surface area contributed by atoms with E-state index < -0.39 is 0 Å². The molecular weight excluding hydrogens is 192 g/mol. The molecule has 0 saturated carbocycles. The summed E-state index contributed by atoms with van der Waals surface area (Å²) in [4.78, 5) is 3.23. The number of nitrogens with one attached hydrogen (secondary N) is 1. The van der Waals surface area contributed by atoms with Gasteiger partial charge in [-0.15, -0.1) is 0 Å². The van der Waals surface area contributed by atoms with E-state index in [9.17, 15) is 0 Å². The normalized spacial score (nSPS) is 22.2. The van der Waals surface area contributed by atoms with Gasteiger partial charge in [0.05, 0.1) is 5.69 Å². The minimum atomic E-state index is -0.120. The van der Waals surface area contributed by atoms with E-state index in [4.69, 9.17) is 11.6 Å². The van der Waals surface area contributed by atoms with Gasteiger partial charge in [-0.1, -0.05) is 23.7 Å². The zero-order valence-corrected chi connectivity index (χ0v) is 8.19. The third-order valence-electron chi connectivity index (χ3n) is 1.85. The number of fused-ring (bicyclic) bond motifs is 1. The topological polar surface area (TPSA) is 15.3 Å². The van der Waals surface area contributed by atoms with Gasteiger partial charge >= 0.3 is 0 Å². The fourth-order valence-electron chi connectivity index (χ4n) is 1.15. The van der Waals surface area contributed by atoms with Crippen LogP contribution >= 0.6 is 23.5 Å². The summed E-state index contributed by atoms with van der Waals surface area (Å²) in [6.45, 7) is 0. The molecule has 1 aromatic carbocycles. The highest BCUT2D eigenvalue weighted by atomic mass is 35.5. The van der Waals surface area contributed by atoms with Gasteiger partial charge in [0.2, 0.25) is 0 Å². The van der Waals surface area contributed by atoms with Gasteiger partial charge in [-0.05, 0) is 24.1 Å². The van der Waals surface area contributed by atoms with Crippen molar-refractivity contribution in [1.82, 2.24) is 4.72 Å². The second-order valence-electron chi connectivity index (χ2n) is 2.63. The van der Waals surface area contributed by atoms with Gasteiger partial charge in [-0.3, -0.25) is 0 Å². The minimum absolute atomic E-state index is 0.120. The van der Waals surface area contributed by atoms with Gasteiger partial charge in [-0.25, -0.2) is 4.72 Å². The molecule has 12 heavy (non-hydrogen) atoms. The molecule has 0 radical (unpaired) electrons. The molecule has 4 heteroatoms. The first-order chi connectivity index (χ1) is 5.79. The Hall–Kier alpha value is -0.380. The van der Waals surface area contributed by atoms with E-state index >= 15 is 0 Å². The average Bonchev–Trinajstić information content (AvgIpc) is 2.12. The molecule has 0 amide bonds. The number of hydrogen-bond donors (Lipinski definition) is 1. The second kappa shape index (κ2) is 3.17. The Balaban J connectivity index is 2.42. The second-order valence-corrected chi connectivity index (χ2v) is 3.93. The highest BCUT2D eigenvalue weighted by molar-refractivity contribution is 7.97. The standard InChI is InChI=1S/C8H9ClN2S/c1-11-6-4-2-3-5-7(6)12-10-8(11)9/h2-5,8,10H,1H3. The summed E-state index contributed by atoms with van der Waals surface area (Å²) in [6.07, 6.45) is 0. The summed E-state index contributed by atoms with van der Waals surface area (Å²) in [5.74, 6) is 0. The summed E-state index contributed by atoms with van der Waals surface area (Å²) >= 11 is 7.57. The average molecular weight is 201 g/mol. The highest BCUT2D eigenvalue weighted by Crippen LogP contribution is 2.33. The predicted molar refractivity (Wildman–Crippen MR) is 53.5 cm³/mol. The van der Waals surface area contributed by atoms with E-state index in [2.05, 4.69) is 16.9 Å². The lowest BCUT2D eigenvalue weighted by atomic mass is 10.3. The quantitative estimate of drug-likeness (QED) is 0.393. The molecule has 1 unspecified atom stereocenters. The molecule has 1 N–H and O–H groups in total. The summed E-state index contributed by atoms with van der Waals surface area (Å²) in [5, 5.41) is 0. The molecular formula is C8H9ClN2S. The van der Waals surface area contributed by atoms with E-state index in [0.29, 0.717) is 0 Å². The van der Waals surface area contributed by atoms with Gasteiger partial charge < -0.3 is 4.90 Å². The molecule has 1 heterocycles. The molecule has 64 valence electrons. The number of benzene rings is 1. The van der Waals surface area contributed by atoms with Crippen LogP contribution in [0.15, 0.2) is 29.2 Å². The fraction of sp³-hybridized carbons (Fsp3) is 0.250. The maximum Gasteiger partial charge on any atom is 0.166 e. The van der Waals surface area contributed by atoms with Crippen LogP contribution in [0.2, 0.25) is 0 Å². The van der Waals surface area contributed by atoms with Crippen LogP contribution in [-0.4, -0.2) is 12.7 Å². The van der Waals surface area contributed by atoms with E-state index in [1.165, 1.54) is 10.6 Å². The molecule has 1 aliphatic heterocycles. The van der Waals surface area contributed by atoms with Crippen LogP contribution in [0.5, 0.6) is 0 Å². The molecule has 0 saturated heterocycles. The molecule has 0 spiro atoms. The Kier molecular flexibility index (Phi) is 2.17. The van der Waals surface area contributed by atoms with Crippen LogP contribution in [0.25, 0.3) is 0 Å². The van der Waals surface area contributed by atoms with Crippen LogP contribution in [0.3, 0.4) is 0 Å². The van der Waals surface area contributed by atoms with Crippen LogP contribution in [0.1, 0.15) is 0 Å². The van der Waals surface area contributed by atoms with Gasteiger partial charge in [0.1, 0.15) is 0 Å². The van der Waals surface area contributed by atoms with Crippen LogP contribution in [0, 0.1) is 0 Å². The zero-order valence-electron chi connectivity index (χ0n) is 6.62. The van der Waals surface area contributed by atoms with E-state index in [-0.39, 0.29) is 5.62 Å². The van der Waals surface area contributed by atoms with Crippen molar-refractivity contribution in [3.63, 3.8) is 0 Å². The van der Waals surface area contributed by atoms with Crippen molar-refractivity contribution in [3.05, 3.63) is 24.3 Å². The van der Waals surface area contributed by atoms with Gasteiger partial charge in [0.25, 0.3) is 0 Å². The number of rotatable bonds is 0. The van der Waals surface area contributed by atoms with E-state index in [1.807, 2.05) is 24.1 Å².